The summed E-state index contributed by atoms with van der Waals surface area (Å²) in [7, 11) is 0. The van der Waals surface area contributed by atoms with Gasteiger partial charge in [0.25, 0.3) is 5.92 Å². The van der Waals surface area contributed by atoms with Crippen LogP contribution in [0.1, 0.15) is 19.5 Å². The Kier molecular flexibility index (Phi) is 2.80. The van der Waals surface area contributed by atoms with E-state index in [-0.39, 0.29) is 5.69 Å². The van der Waals surface area contributed by atoms with Gasteiger partial charge in [-0.1, -0.05) is 0 Å². The molecule has 0 atom stereocenters. The predicted octanol–water partition coefficient (Wildman–Crippen LogP) is 2.63. The minimum atomic E-state index is -2.89. The Morgan fingerprint density at radius 2 is 2.23 bits per heavy atom. The third kappa shape index (κ3) is 2.37. The van der Waals surface area contributed by atoms with Crippen molar-refractivity contribution in [1.82, 2.24) is 4.98 Å². The average molecular weight is 186 g/mol. The molecule has 0 unspecified atom stereocenters. The molecule has 4 heteroatoms. The summed E-state index contributed by atoms with van der Waals surface area (Å²) < 4.78 is 25.9. The Morgan fingerprint density at radius 1 is 1.54 bits per heavy atom. The summed E-state index contributed by atoms with van der Waals surface area (Å²) in [6.45, 7) is 3.30. The molecule has 1 N–H and O–H groups in total. The standard InChI is InChI=1S/C9H12F2N2/c1-3-12-7-5-4-6-13-8(7)9(2,10)11/h4-6,12H,3H2,1-2H3. The van der Waals surface area contributed by atoms with Gasteiger partial charge in [-0.25, -0.2) is 0 Å². The van der Waals surface area contributed by atoms with Crippen LogP contribution in [-0.2, 0) is 5.92 Å². The summed E-state index contributed by atoms with van der Waals surface area (Å²) in [5.41, 5.74) is 0.203. The molecule has 2 nitrogen and oxygen atoms in total. The van der Waals surface area contributed by atoms with Gasteiger partial charge in [-0.2, -0.15) is 8.78 Å². The first-order valence-electron chi connectivity index (χ1n) is 4.13. The van der Waals surface area contributed by atoms with Gasteiger partial charge in [0.05, 0.1) is 5.69 Å². The van der Waals surface area contributed by atoms with Gasteiger partial charge < -0.3 is 5.32 Å². The van der Waals surface area contributed by atoms with Crippen LogP contribution in [0.15, 0.2) is 18.3 Å². The van der Waals surface area contributed by atoms with E-state index in [9.17, 15) is 8.78 Å². The van der Waals surface area contributed by atoms with E-state index in [0.29, 0.717) is 12.2 Å². The van der Waals surface area contributed by atoms with E-state index in [4.69, 9.17) is 0 Å². The summed E-state index contributed by atoms with van der Waals surface area (Å²) in [5.74, 6) is -2.89. The van der Waals surface area contributed by atoms with Crippen LogP contribution < -0.4 is 5.32 Å². The molecule has 0 aliphatic carbocycles. The molecule has 0 spiro atoms. The maximum atomic E-state index is 12.9. The molecular weight excluding hydrogens is 174 g/mol. The maximum Gasteiger partial charge on any atom is 0.289 e. The molecule has 0 aliphatic heterocycles. The molecule has 1 aromatic heterocycles. The number of nitrogens with zero attached hydrogens (tertiary/aromatic N) is 1. The van der Waals surface area contributed by atoms with E-state index in [1.807, 2.05) is 6.92 Å². The number of nitrogens with one attached hydrogen (secondary N) is 1. The lowest BCUT2D eigenvalue weighted by Crippen LogP contribution is -2.13. The average Bonchev–Trinajstić information content (AvgIpc) is 2.04. The minimum absolute atomic E-state index is 0.197. The van der Waals surface area contributed by atoms with Crippen molar-refractivity contribution in [1.29, 1.82) is 0 Å². The second-order valence-corrected chi connectivity index (χ2v) is 2.82. The largest absolute Gasteiger partial charge is 0.384 e. The maximum absolute atomic E-state index is 12.9. The van der Waals surface area contributed by atoms with Gasteiger partial charge in [-0.05, 0) is 19.1 Å². The fourth-order valence-corrected chi connectivity index (χ4v) is 1.09. The molecular formula is C9H12F2N2. The zero-order valence-electron chi connectivity index (χ0n) is 7.64. The highest BCUT2D eigenvalue weighted by molar-refractivity contribution is 5.49. The van der Waals surface area contributed by atoms with Crippen LogP contribution >= 0.6 is 0 Å². The Morgan fingerprint density at radius 3 is 2.77 bits per heavy atom. The number of aromatic nitrogens is 1. The number of pyridine rings is 1. The zero-order valence-corrected chi connectivity index (χ0v) is 7.64. The lowest BCUT2D eigenvalue weighted by Gasteiger charge is -2.14. The van der Waals surface area contributed by atoms with Crippen molar-refractivity contribution >= 4 is 5.69 Å². The van der Waals surface area contributed by atoms with Gasteiger partial charge in [0.2, 0.25) is 0 Å². The van der Waals surface area contributed by atoms with Crippen molar-refractivity contribution < 1.29 is 8.78 Å². The SMILES string of the molecule is CCNc1cccnc1C(C)(F)F. The molecule has 0 saturated heterocycles. The molecule has 0 aliphatic rings. The fourth-order valence-electron chi connectivity index (χ4n) is 1.09. The summed E-state index contributed by atoms with van der Waals surface area (Å²) in [4.78, 5) is 3.66. The second-order valence-electron chi connectivity index (χ2n) is 2.82. The van der Waals surface area contributed by atoms with Crippen LogP contribution in [0.4, 0.5) is 14.5 Å². The number of hydrogen-bond acceptors (Lipinski definition) is 2. The van der Waals surface area contributed by atoms with Crippen molar-refractivity contribution in [2.75, 3.05) is 11.9 Å². The van der Waals surface area contributed by atoms with Gasteiger partial charge in [-0.15, -0.1) is 0 Å². The molecule has 0 aromatic carbocycles. The number of alkyl halides is 2. The van der Waals surface area contributed by atoms with Crippen molar-refractivity contribution in [2.45, 2.75) is 19.8 Å². The molecule has 0 bridgehead atoms. The van der Waals surface area contributed by atoms with Crippen LogP contribution in [-0.4, -0.2) is 11.5 Å². The van der Waals surface area contributed by atoms with Gasteiger partial charge >= 0.3 is 0 Å². The smallest absolute Gasteiger partial charge is 0.289 e. The molecule has 1 heterocycles. The number of halogens is 2. The van der Waals surface area contributed by atoms with E-state index in [1.54, 1.807) is 12.1 Å². The number of hydrogen-bond donors (Lipinski definition) is 1. The molecule has 72 valence electrons. The van der Waals surface area contributed by atoms with E-state index >= 15 is 0 Å². The lowest BCUT2D eigenvalue weighted by atomic mass is 10.2. The first-order valence-corrected chi connectivity index (χ1v) is 4.13. The molecule has 0 fully saturated rings. The van der Waals surface area contributed by atoms with E-state index in [0.717, 1.165) is 6.92 Å². The molecule has 13 heavy (non-hydrogen) atoms. The minimum Gasteiger partial charge on any atom is -0.384 e. The highest BCUT2D eigenvalue weighted by Gasteiger charge is 2.28. The summed E-state index contributed by atoms with van der Waals surface area (Å²) in [5, 5.41) is 2.84. The molecule has 0 saturated carbocycles. The van der Waals surface area contributed by atoms with Gasteiger partial charge in [0, 0.05) is 19.7 Å². The van der Waals surface area contributed by atoms with Crippen molar-refractivity contribution in [2.24, 2.45) is 0 Å². The predicted molar refractivity (Wildman–Crippen MR) is 48.0 cm³/mol. The Balaban J connectivity index is 3.05. The van der Waals surface area contributed by atoms with Crippen LogP contribution in [0.2, 0.25) is 0 Å². The Labute approximate surface area is 76.0 Å². The van der Waals surface area contributed by atoms with Crippen LogP contribution in [0.25, 0.3) is 0 Å². The number of rotatable bonds is 3. The topological polar surface area (TPSA) is 24.9 Å². The van der Waals surface area contributed by atoms with Crippen LogP contribution in [0.5, 0.6) is 0 Å². The molecule has 0 amide bonds. The zero-order chi connectivity index (χ0) is 9.90. The van der Waals surface area contributed by atoms with Crippen LogP contribution in [0.3, 0.4) is 0 Å². The third-order valence-electron chi connectivity index (χ3n) is 1.59. The van der Waals surface area contributed by atoms with Crippen molar-refractivity contribution in [3.8, 4) is 0 Å². The molecule has 0 radical (unpaired) electrons. The normalized spacial score (nSPS) is 11.4. The van der Waals surface area contributed by atoms with E-state index in [1.165, 1.54) is 6.20 Å². The summed E-state index contributed by atoms with van der Waals surface area (Å²) >= 11 is 0. The first kappa shape index (κ1) is 9.89. The van der Waals surface area contributed by atoms with Crippen molar-refractivity contribution in [3.05, 3.63) is 24.0 Å². The lowest BCUT2D eigenvalue weighted by molar-refractivity contribution is 0.0136. The van der Waals surface area contributed by atoms with Gasteiger partial charge in [-0.3, -0.25) is 4.98 Å². The van der Waals surface area contributed by atoms with Gasteiger partial charge in [0.1, 0.15) is 5.69 Å². The van der Waals surface area contributed by atoms with E-state index in [2.05, 4.69) is 10.3 Å². The molecule has 1 aromatic rings. The first-order chi connectivity index (χ1) is 6.05. The highest BCUT2D eigenvalue weighted by Crippen LogP contribution is 2.30. The third-order valence-corrected chi connectivity index (χ3v) is 1.59. The van der Waals surface area contributed by atoms with Gasteiger partial charge in [0.15, 0.2) is 0 Å². The van der Waals surface area contributed by atoms with Crippen molar-refractivity contribution in [3.63, 3.8) is 0 Å². The quantitative estimate of drug-likeness (QED) is 0.784. The fraction of sp³-hybridized carbons (Fsp3) is 0.444. The van der Waals surface area contributed by atoms with E-state index < -0.39 is 5.92 Å². The molecule has 1 rings (SSSR count). The van der Waals surface area contributed by atoms with Crippen LogP contribution in [0, 0.1) is 0 Å². The summed E-state index contributed by atoms with van der Waals surface area (Å²) in [6.07, 6.45) is 1.37. The Bertz CT molecular complexity index is 281. The second kappa shape index (κ2) is 3.68. The monoisotopic (exact) mass is 186 g/mol. The Hall–Kier alpha value is -1.19. The number of anilines is 1. The summed E-state index contributed by atoms with van der Waals surface area (Å²) in [6, 6.07) is 3.23. The highest BCUT2D eigenvalue weighted by atomic mass is 19.3.